The van der Waals surface area contributed by atoms with E-state index in [4.69, 9.17) is 0 Å². The molecule has 0 atom stereocenters. The Bertz CT molecular complexity index is 873. The third-order valence-corrected chi connectivity index (χ3v) is 4.90. The fourth-order valence-corrected chi connectivity index (χ4v) is 3.31. The number of non-ortho nitro benzene ring substituents is 1. The van der Waals surface area contributed by atoms with Crippen molar-refractivity contribution in [3.63, 3.8) is 0 Å². The van der Waals surface area contributed by atoms with Crippen molar-refractivity contribution in [1.29, 1.82) is 0 Å². The third-order valence-electron chi connectivity index (χ3n) is 4.90. The van der Waals surface area contributed by atoms with Crippen LogP contribution in [0, 0.1) is 16.0 Å². The molecule has 10 heteroatoms. The summed E-state index contributed by atoms with van der Waals surface area (Å²) in [5.41, 5.74) is -0.311. The van der Waals surface area contributed by atoms with Crippen molar-refractivity contribution >= 4 is 29.3 Å². The normalized spacial score (nSPS) is 16.6. The van der Waals surface area contributed by atoms with Gasteiger partial charge in [-0.05, 0) is 6.07 Å². The van der Waals surface area contributed by atoms with E-state index in [1.54, 1.807) is 4.90 Å². The van der Waals surface area contributed by atoms with Gasteiger partial charge < -0.3 is 9.80 Å². The molecular weight excluding hydrogens is 368 g/mol. The summed E-state index contributed by atoms with van der Waals surface area (Å²) in [5.74, 6) is -1.86. The molecule has 2 aliphatic rings. The lowest BCUT2D eigenvalue weighted by Gasteiger charge is -2.36. The molecule has 0 unspecified atom stereocenters. The van der Waals surface area contributed by atoms with Crippen LogP contribution in [0.3, 0.4) is 0 Å². The van der Waals surface area contributed by atoms with E-state index in [2.05, 4.69) is 0 Å². The Balaban J connectivity index is 1.65. The second-order valence-electron chi connectivity index (χ2n) is 7.04. The van der Waals surface area contributed by atoms with Gasteiger partial charge in [-0.25, -0.2) is 0 Å². The molecular formula is C18H20N4O6. The maximum Gasteiger partial charge on any atom is 0.270 e. The Hall–Kier alpha value is -3.30. The van der Waals surface area contributed by atoms with Crippen molar-refractivity contribution < 1.29 is 24.1 Å². The van der Waals surface area contributed by atoms with Crippen LogP contribution in [0.1, 0.15) is 34.6 Å². The summed E-state index contributed by atoms with van der Waals surface area (Å²) in [6.45, 7) is 4.64. The molecule has 10 nitrogen and oxygen atoms in total. The van der Waals surface area contributed by atoms with Gasteiger partial charge in [-0.2, -0.15) is 0 Å². The number of hydrogen-bond acceptors (Lipinski definition) is 6. The first-order chi connectivity index (χ1) is 13.2. The quantitative estimate of drug-likeness (QED) is 0.421. The van der Waals surface area contributed by atoms with Crippen LogP contribution in [0.4, 0.5) is 5.69 Å². The van der Waals surface area contributed by atoms with Gasteiger partial charge in [-0.1, -0.05) is 13.8 Å². The molecule has 0 aromatic heterocycles. The number of rotatable bonds is 4. The number of fused-ring (bicyclic) bond motifs is 1. The maximum absolute atomic E-state index is 12.5. The van der Waals surface area contributed by atoms with Gasteiger partial charge in [0.1, 0.15) is 6.54 Å². The second-order valence-corrected chi connectivity index (χ2v) is 7.04. The van der Waals surface area contributed by atoms with E-state index < -0.39 is 29.2 Å². The monoisotopic (exact) mass is 388 g/mol. The Kier molecular flexibility index (Phi) is 5.12. The summed E-state index contributed by atoms with van der Waals surface area (Å²) in [6, 6.07) is 3.44. The van der Waals surface area contributed by atoms with E-state index in [1.165, 1.54) is 11.0 Å². The van der Waals surface area contributed by atoms with Crippen molar-refractivity contribution in [2.45, 2.75) is 13.8 Å². The predicted octanol–water partition coefficient (Wildman–Crippen LogP) is 0.518. The molecule has 0 radical (unpaired) electrons. The zero-order valence-corrected chi connectivity index (χ0v) is 15.6. The van der Waals surface area contributed by atoms with Gasteiger partial charge in [0.2, 0.25) is 11.8 Å². The van der Waals surface area contributed by atoms with Crippen molar-refractivity contribution in [3.8, 4) is 0 Å². The fraction of sp³-hybridized carbons (Fsp3) is 0.444. The van der Waals surface area contributed by atoms with Gasteiger partial charge >= 0.3 is 0 Å². The van der Waals surface area contributed by atoms with E-state index >= 15 is 0 Å². The SMILES string of the molecule is CC(C)C(=O)N1CCN(C(=O)CN2C(=O)c3ccc([N+](=O)[O-])cc3C2=O)CC1. The van der Waals surface area contributed by atoms with Gasteiger partial charge in [-0.3, -0.25) is 34.2 Å². The zero-order valence-electron chi connectivity index (χ0n) is 15.6. The topological polar surface area (TPSA) is 121 Å². The summed E-state index contributed by atoms with van der Waals surface area (Å²) in [4.78, 5) is 63.7. The standard InChI is InChI=1S/C18H20N4O6/c1-11(2)16(24)20-7-5-19(6-8-20)15(23)10-21-17(25)13-4-3-12(22(27)28)9-14(13)18(21)26/h3-4,9,11H,5-8,10H2,1-2H3. The molecule has 1 saturated heterocycles. The highest BCUT2D eigenvalue weighted by Crippen LogP contribution is 2.26. The molecule has 0 N–H and O–H groups in total. The van der Waals surface area contributed by atoms with E-state index in [0.717, 1.165) is 17.0 Å². The number of benzene rings is 1. The Morgan fingerprint density at radius 2 is 1.61 bits per heavy atom. The fourth-order valence-electron chi connectivity index (χ4n) is 3.31. The largest absolute Gasteiger partial charge is 0.339 e. The second kappa shape index (κ2) is 7.37. The highest BCUT2D eigenvalue weighted by molar-refractivity contribution is 6.22. The maximum atomic E-state index is 12.5. The summed E-state index contributed by atoms with van der Waals surface area (Å²) in [6.07, 6.45) is 0. The Morgan fingerprint density at radius 3 is 2.18 bits per heavy atom. The molecule has 0 spiro atoms. The van der Waals surface area contributed by atoms with Crippen molar-refractivity contribution in [3.05, 3.63) is 39.4 Å². The predicted molar refractivity (Wildman–Crippen MR) is 96.5 cm³/mol. The van der Waals surface area contributed by atoms with Crippen LogP contribution in [-0.4, -0.2) is 76.0 Å². The molecule has 3 rings (SSSR count). The molecule has 1 aromatic rings. The number of imide groups is 1. The third kappa shape index (κ3) is 3.45. The molecule has 28 heavy (non-hydrogen) atoms. The number of nitro groups is 1. The first-order valence-electron chi connectivity index (χ1n) is 8.92. The highest BCUT2D eigenvalue weighted by atomic mass is 16.6. The molecule has 1 aromatic carbocycles. The number of amides is 4. The van der Waals surface area contributed by atoms with Crippen LogP contribution in [0.15, 0.2) is 18.2 Å². The smallest absolute Gasteiger partial charge is 0.270 e. The van der Waals surface area contributed by atoms with Crippen LogP contribution < -0.4 is 0 Å². The minimum Gasteiger partial charge on any atom is -0.339 e. The number of hydrogen-bond donors (Lipinski definition) is 0. The Labute approximate surface area is 160 Å². The number of nitro benzene ring substituents is 1. The minimum atomic E-state index is -0.717. The molecule has 0 bridgehead atoms. The first-order valence-corrected chi connectivity index (χ1v) is 8.92. The molecule has 0 saturated carbocycles. The molecule has 148 valence electrons. The molecule has 2 aliphatic heterocycles. The van der Waals surface area contributed by atoms with Crippen LogP contribution >= 0.6 is 0 Å². The summed E-state index contributed by atoms with van der Waals surface area (Å²) in [5, 5.41) is 10.9. The van der Waals surface area contributed by atoms with Gasteiger partial charge in [-0.15, -0.1) is 0 Å². The van der Waals surface area contributed by atoms with E-state index in [9.17, 15) is 29.3 Å². The summed E-state index contributed by atoms with van der Waals surface area (Å²) < 4.78 is 0. The van der Waals surface area contributed by atoms with E-state index in [-0.39, 0.29) is 28.6 Å². The lowest BCUT2D eigenvalue weighted by molar-refractivity contribution is -0.384. The lowest BCUT2D eigenvalue weighted by Crippen LogP contribution is -2.53. The highest BCUT2D eigenvalue weighted by Gasteiger charge is 2.39. The van der Waals surface area contributed by atoms with Gasteiger partial charge in [0.05, 0.1) is 16.1 Å². The summed E-state index contributed by atoms with van der Waals surface area (Å²) >= 11 is 0. The number of carbonyl (C=O) groups is 4. The van der Waals surface area contributed by atoms with Gasteiger partial charge in [0.15, 0.2) is 0 Å². The van der Waals surface area contributed by atoms with Crippen LogP contribution in [0.25, 0.3) is 0 Å². The summed E-state index contributed by atoms with van der Waals surface area (Å²) in [7, 11) is 0. The van der Waals surface area contributed by atoms with Gasteiger partial charge in [0.25, 0.3) is 17.5 Å². The average Bonchev–Trinajstić information content (AvgIpc) is 2.91. The minimum absolute atomic E-state index is 0.0223. The van der Waals surface area contributed by atoms with Crippen LogP contribution in [-0.2, 0) is 9.59 Å². The molecule has 4 amide bonds. The number of piperazine rings is 1. The van der Waals surface area contributed by atoms with Crippen LogP contribution in [0.5, 0.6) is 0 Å². The lowest BCUT2D eigenvalue weighted by atomic mass is 10.1. The molecule has 1 fully saturated rings. The molecule has 2 heterocycles. The van der Waals surface area contributed by atoms with Crippen molar-refractivity contribution in [2.75, 3.05) is 32.7 Å². The Morgan fingerprint density at radius 1 is 1.04 bits per heavy atom. The van der Waals surface area contributed by atoms with Crippen molar-refractivity contribution in [2.24, 2.45) is 5.92 Å². The van der Waals surface area contributed by atoms with Crippen molar-refractivity contribution in [1.82, 2.24) is 14.7 Å². The molecule has 0 aliphatic carbocycles. The van der Waals surface area contributed by atoms with E-state index in [1.807, 2.05) is 13.8 Å². The van der Waals surface area contributed by atoms with E-state index in [0.29, 0.717) is 26.2 Å². The van der Waals surface area contributed by atoms with Crippen LogP contribution in [0.2, 0.25) is 0 Å². The number of carbonyl (C=O) groups excluding carboxylic acids is 4. The average molecular weight is 388 g/mol. The van der Waals surface area contributed by atoms with Gasteiger partial charge in [0, 0.05) is 44.2 Å². The number of nitrogens with zero attached hydrogens (tertiary/aromatic N) is 4. The first kappa shape index (κ1) is 19.5. The zero-order chi connectivity index (χ0) is 20.6.